The van der Waals surface area contributed by atoms with E-state index in [0.717, 1.165) is 6.42 Å². The van der Waals surface area contributed by atoms with E-state index in [1.807, 2.05) is 0 Å². The largest absolute Gasteiger partial charge is 0.103 e. The summed E-state index contributed by atoms with van der Waals surface area (Å²) in [6.07, 6.45) is 12.8. The fourth-order valence-corrected chi connectivity index (χ4v) is 2.38. The van der Waals surface area contributed by atoms with Crippen molar-refractivity contribution in [3.63, 3.8) is 0 Å². The summed E-state index contributed by atoms with van der Waals surface area (Å²) in [7, 11) is 0. The maximum atomic E-state index is 3.87. The van der Waals surface area contributed by atoms with Gasteiger partial charge in [0.2, 0.25) is 0 Å². The standard InChI is InChI=1S/C19H28/c1-4-6-8-13-19(16-11-12-17(3)5-2)18-14-9-7-10-15-18/h5-10,14-15,17,19H,2,4,11-13,16H2,1,3H3. The average Bonchev–Trinajstić information content (AvgIpc) is 2.46. The topological polar surface area (TPSA) is 0 Å². The van der Waals surface area contributed by atoms with Gasteiger partial charge in [-0.05, 0) is 43.1 Å². The number of rotatable bonds is 9. The highest BCUT2D eigenvalue weighted by Gasteiger charge is 2.10. The Balaban J connectivity index is 2.54. The smallest absolute Gasteiger partial charge is 0.0127 e. The highest BCUT2D eigenvalue weighted by Crippen LogP contribution is 2.27. The second kappa shape index (κ2) is 9.61. The summed E-state index contributed by atoms with van der Waals surface area (Å²) >= 11 is 0. The SMILES string of the molecule is C=CC(C)CCCC(CC=CCC)c1ccccc1. The van der Waals surface area contributed by atoms with Gasteiger partial charge in [-0.2, -0.15) is 0 Å². The first-order valence-electron chi connectivity index (χ1n) is 7.60. The Hall–Kier alpha value is -1.30. The second-order valence-electron chi connectivity index (χ2n) is 5.37. The van der Waals surface area contributed by atoms with Crippen LogP contribution in [0.4, 0.5) is 0 Å². The fourth-order valence-electron chi connectivity index (χ4n) is 2.38. The molecule has 2 atom stereocenters. The van der Waals surface area contributed by atoms with Crippen molar-refractivity contribution in [2.24, 2.45) is 5.92 Å². The molecule has 0 heteroatoms. The summed E-state index contributed by atoms with van der Waals surface area (Å²) in [4.78, 5) is 0. The molecule has 0 radical (unpaired) electrons. The third kappa shape index (κ3) is 6.42. The van der Waals surface area contributed by atoms with Gasteiger partial charge in [0.05, 0.1) is 0 Å². The predicted octanol–water partition coefficient (Wildman–Crippen LogP) is 6.12. The van der Waals surface area contributed by atoms with Crippen molar-refractivity contribution in [3.8, 4) is 0 Å². The lowest BCUT2D eigenvalue weighted by Gasteiger charge is -2.16. The Kier molecular flexibility index (Phi) is 7.97. The third-order valence-electron chi connectivity index (χ3n) is 3.71. The van der Waals surface area contributed by atoms with E-state index in [9.17, 15) is 0 Å². The van der Waals surface area contributed by atoms with Gasteiger partial charge in [0.15, 0.2) is 0 Å². The van der Waals surface area contributed by atoms with Crippen LogP contribution in [0.2, 0.25) is 0 Å². The molecule has 19 heavy (non-hydrogen) atoms. The van der Waals surface area contributed by atoms with Crippen molar-refractivity contribution >= 4 is 0 Å². The number of allylic oxidation sites excluding steroid dienone is 3. The van der Waals surface area contributed by atoms with Crippen LogP contribution in [0.1, 0.15) is 57.4 Å². The first kappa shape index (κ1) is 15.8. The average molecular weight is 256 g/mol. The maximum Gasteiger partial charge on any atom is -0.0127 e. The predicted molar refractivity (Wildman–Crippen MR) is 86.4 cm³/mol. The molecule has 0 aliphatic rings. The summed E-state index contributed by atoms with van der Waals surface area (Å²) in [5, 5.41) is 0. The zero-order valence-corrected chi connectivity index (χ0v) is 12.5. The van der Waals surface area contributed by atoms with E-state index < -0.39 is 0 Å². The first-order valence-corrected chi connectivity index (χ1v) is 7.60. The molecule has 0 amide bonds. The van der Waals surface area contributed by atoms with Gasteiger partial charge in [-0.25, -0.2) is 0 Å². The Morgan fingerprint density at radius 3 is 2.47 bits per heavy atom. The van der Waals surface area contributed by atoms with Crippen LogP contribution in [0.25, 0.3) is 0 Å². The highest BCUT2D eigenvalue weighted by atomic mass is 14.1. The van der Waals surface area contributed by atoms with Crippen LogP contribution in [0.3, 0.4) is 0 Å². The van der Waals surface area contributed by atoms with Crippen molar-refractivity contribution in [2.45, 2.75) is 51.9 Å². The van der Waals surface area contributed by atoms with E-state index in [1.165, 1.54) is 31.2 Å². The molecular weight excluding hydrogens is 228 g/mol. The molecule has 0 N–H and O–H groups in total. The molecule has 0 spiro atoms. The Morgan fingerprint density at radius 2 is 1.84 bits per heavy atom. The van der Waals surface area contributed by atoms with Gasteiger partial charge in [-0.3, -0.25) is 0 Å². The Bertz CT molecular complexity index is 361. The van der Waals surface area contributed by atoms with Gasteiger partial charge in [0.25, 0.3) is 0 Å². The van der Waals surface area contributed by atoms with Crippen LogP contribution < -0.4 is 0 Å². The molecule has 0 saturated carbocycles. The van der Waals surface area contributed by atoms with E-state index in [1.54, 1.807) is 0 Å². The van der Waals surface area contributed by atoms with Crippen LogP contribution in [0.15, 0.2) is 55.1 Å². The molecule has 0 heterocycles. The van der Waals surface area contributed by atoms with E-state index in [4.69, 9.17) is 0 Å². The normalized spacial score (nSPS) is 14.4. The van der Waals surface area contributed by atoms with Crippen molar-refractivity contribution in [1.29, 1.82) is 0 Å². The highest BCUT2D eigenvalue weighted by molar-refractivity contribution is 5.20. The zero-order valence-electron chi connectivity index (χ0n) is 12.5. The molecule has 0 bridgehead atoms. The van der Waals surface area contributed by atoms with Crippen LogP contribution >= 0.6 is 0 Å². The molecule has 0 nitrogen and oxygen atoms in total. The molecule has 104 valence electrons. The minimum atomic E-state index is 0.641. The number of benzene rings is 1. The van der Waals surface area contributed by atoms with Crippen molar-refractivity contribution < 1.29 is 0 Å². The molecule has 0 saturated heterocycles. The van der Waals surface area contributed by atoms with Crippen molar-refractivity contribution in [2.75, 3.05) is 0 Å². The molecule has 1 aromatic carbocycles. The van der Waals surface area contributed by atoms with Crippen LogP contribution in [0.5, 0.6) is 0 Å². The first-order chi connectivity index (χ1) is 9.27. The monoisotopic (exact) mass is 256 g/mol. The lowest BCUT2D eigenvalue weighted by Crippen LogP contribution is -1.99. The molecule has 0 fully saturated rings. The second-order valence-corrected chi connectivity index (χ2v) is 5.37. The lowest BCUT2D eigenvalue weighted by molar-refractivity contribution is 0.528. The number of hydrogen-bond acceptors (Lipinski definition) is 0. The molecule has 1 aromatic rings. The van der Waals surface area contributed by atoms with E-state index >= 15 is 0 Å². The van der Waals surface area contributed by atoms with E-state index in [-0.39, 0.29) is 0 Å². The maximum absolute atomic E-state index is 3.87. The van der Waals surface area contributed by atoms with Gasteiger partial charge in [-0.15, -0.1) is 6.58 Å². The molecule has 2 unspecified atom stereocenters. The quantitative estimate of drug-likeness (QED) is 0.467. The number of hydrogen-bond donors (Lipinski definition) is 0. The zero-order chi connectivity index (χ0) is 13.9. The van der Waals surface area contributed by atoms with Gasteiger partial charge in [0, 0.05) is 0 Å². The van der Waals surface area contributed by atoms with Crippen molar-refractivity contribution in [3.05, 3.63) is 60.7 Å². The third-order valence-corrected chi connectivity index (χ3v) is 3.71. The molecule has 0 aliphatic heterocycles. The van der Waals surface area contributed by atoms with E-state index in [2.05, 4.69) is 69.0 Å². The van der Waals surface area contributed by atoms with E-state index in [0.29, 0.717) is 11.8 Å². The van der Waals surface area contributed by atoms with Gasteiger partial charge in [-0.1, -0.05) is 68.8 Å². The molecule has 1 rings (SSSR count). The van der Waals surface area contributed by atoms with Gasteiger partial charge < -0.3 is 0 Å². The van der Waals surface area contributed by atoms with Crippen LogP contribution in [-0.4, -0.2) is 0 Å². The van der Waals surface area contributed by atoms with Crippen LogP contribution in [-0.2, 0) is 0 Å². The Morgan fingerprint density at radius 1 is 1.11 bits per heavy atom. The molecule has 0 aromatic heterocycles. The molecular formula is C19H28. The Labute approximate surface area is 119 Å². The summed E-state index contributed by atoms with van der Waals surface area (Å²) in [6, 6.07) is 10.9. The fraction of sp³-hybridized carbons (Fsp3) is 0.474. The van der Waals surface area contributed by atoms with Gasteiger partial charge >= 0.3 is 0 Å². The summed E-state index contributed by atoms with van der Waals surface area (Å²) < 4.78 is 0. The van der Waals surface area contributed by atoms with Crippen molar-refractivity contribution in [1.82, 2.24) is 0 Å². The summed E-state index contributed by atoms with van der Waals surface area (Å²) in [5.74, 6) is 1.31. The van der Waals surface area contributed by atoms with Crippen LogP contribution in [0, 0.1) is 5.92 Å². The van der Waals surface area contributed by atoms with Gasteiger partial charge in [0.1, 0.15) is 0 Å². The minimum absolute atomic E-state index is 0.641. The summed E-state index contributed by atoms with van der Waals surface area (Å²) in [6.45, 7) is 8.31. The minimum Gasteiger partial charge on any atom is -0.103 e. The lowest BCUT2D eigenvalue weighted by atomic mass is 9.89. The summed E-state index contributed by atoms with van der Waals surface area (Å²) in [5.41, 5.74) is 1.48. The molecule has 0 aliphatic carbocycles.